The number of unbranched alkanes of at least 4 members (excludes halogenated alkanes) is 4. The van der Waals surface area contributed by atoms with Crippen LogP contribution in [0, 0.1) is 0 Å². The molecule has 0 rings (SSSR count). The summed E-state index contributed by atoms with van der Waals surface area (Å²) in [6, 6.07) is 0. The van der Waals surface area contributed by atoms with Crippen molar-refractivity contribution in [3.05, 3.63) is 0 Å². The Morgan fingerprint density at radius 1 is 1.30 bits per heavy atom. The minimum absolute atomic E-state index is 0.270. The second kappa shape index (κ2) is 8.67. The first-order valence-corrected chi connectivity index (χ1v) is 3.79. The fraction of sp³-hybridized carbons (Fsp3) is 0.889. The van der Waals surface area contributed by atoms with E-state index in [0.717, 1.165) is 25.5 Å². The smallest absolute Gasteiger partial charge is 0.119 e. The molecule has 0 atom stereocenters. The van der Waals surface area contributed by atoms with E-state index in [1.807, 2.05) is 0 Å². The minimum Gasteiger partial charge on any atom is -0.303 e. The molecule has 0 bridgehead atoms. The molecule has 0 heterocycles. The minimum atomic E-state index is -1.69. The van der Waals surface area contributed by atoms with Gasteiger partial charge in [-0.25, -0.2) is 0 Å². The Hall–Kier alpha value is -0.330. The molecule has 0 saturated heterocycles. The highest BCUT2D eigenvalue weighted by atomic mass is 16.1. The Kier molecular flexibility index (Phi) is 3.93. The van der Waals surface area contributed by atoms with E-state index in [0.29, 0.717) is 12.8 Å². The van der Waals surface area contributed by atoms with E-state index in [-0.39, 0.29) is 6.42 Å². The Labute approximate surface area is 69.4 Å². The summed E-state index contributed by atoms with van der Waals surface area (Å²) in [5.74, 6) is 0. The van der Waals surface area contributed by atoms with Gasteiger partial charge in [0.2, 0.25) is 0 Å². The lowest BCUT2D eigenvalue weighted by Gasteiger charge is -1.95. The number of carbonyl (C=O) groups is 1. The van der Waals surface area contributed by atoms with Crippen LogP contribution in [0.15, 0.2) is 0 Å². The summed E-state index contributed by atoms with van der Waals surface area (Å²) in [6.45, 7) is -1.41. The van der Waals surface area contributed by atoms with Gasteiger partial charge in [0, 0.05) is 11.9 Å². The van der Waals surface area contributed by atoms with Gasteiger partial charge >= 0.3 is 0 Å². The predicted octanol–water partition coefficient (Wildman–Crippen LogP) is 2.94. The van der Waals surface area contributed by atoms with Crippen molar-refractivity contribution in [2.45, 2.75) is 51.8 Å². The average molecular weight is 146 g/mol. The lowest BCUT2D eigenvalue weighted by molar-refractivity contribution is -0.107. The van der Waals surface area contributed by atoms with E-state index >= 15 is 0 Å². The highest BCUT2D eigenvalue weighted by molar-refractivity contribution is 5.48. The van der Waals surface area contributed by atoms with Crippen molar-refractivity contribution >= 4 is 6.29 Å². The van der Waals surface area contributed by atoms with Crippen LogP contribution in [0.5, 0.6) is 0 Å². The first-order chi connectivity index (χ1) is 6.50. The third-order valence-corrected chi connectivity index (χ3v) is 1.39. The number of aldehydes is 1. The quantitative estimate of drug-likeness (QED) is 0.398. The number of carbonyl (C=O) groups excluding carboxylic acids is 1. The molecule has 0 fully saturated rings. The maximum Gasteiger partial charge on any atom is 0.119 e. The Balaban J connectivity index is 3.39. The van der Waals surface area contributed by atoms with Crippen LogP contribution in [0.4, 0.5) is 0 Å². The van der Waals surface area contributed by atoms with E-state index < -0.39 is 13.2 Å². The summed E-state index contributed by atoms with van der Waals surface area (Å²) in [5, 5.41) is 0. The Bertz CT molecular complexity index is 159. The molecule has 0 amide bonds. The summed E-state index contributed by atoms with van der Waals surface area (Å²) in [5.41, 5.74) is 0. The first kappa shape index (κ1) is 4.53. The van der Waals surface area contributed by atoms with Gasteiger partial charge in [-0.05, 0) is 6.42 Å². The topological polar surface area (TPSA) is 17.1 Å². The van der Waals surface area contributed by atoms with Crippen LogP contribution in [0.2, 0.25) is 0 Å². The summed E-state index contributed by atoms with van der Waals surface area (Å²) in [7, 11) is 0. The molecule has 60 valence electrons. The molecule has 0 unspecified atom stereocenters. The van der Waals surface area contributed by atoms with E-state index in [9.17, 15) is 4.79 Å². The lowest BCUT2D eigenvalue weighted by Crippen LogP contribution is -1.79. The maximum atomic E-state index is 9.98. The maximum absolute atomic E-state index is 9.98. The van der Waals surface area contributed by atoms with Gasteiger partial charge in [0.1, 0.15) is 6.29 Å². The molecular formula is C9H18O. The Morgan fingerprint density at radius 2 is 2.00 bits per heavy atom. The lowest BCUT2D eigenvalue weighted by atomic mass is 10.1. The fourth-order valence-corrected chi connectivity index (χ4v) is 0.808. The molecule has 0 aromatic carbocycles. The molecule has 0 aromatic heterocycles. The number of rotatable bonds is 7. The van der Waals surface area contributed by atoms with Gasteiger partial charge in [0.05, 0.1) is 0 Å². The molecule has 0 spiro atoms. The van der Waals surface area contributed by atoms with Gasteiger partial charge < -0.3 is 4.79 Å². The number of hydrogen-bond donors (Lipinski definition) is 0. The second-order valence-corrected chi connectivity index (χ2v) is 2.32. The molecule has 10 heavy (non-hydrogen) atoms. The Morgan fingerprint density at radius 3 is 2.70 bits per heavy atom. The van der Waals surface area contributed by atoms with Crippen molar-refractivity contribution < 1.29 is 10.3 Å². The van der Waals surface area contributed by atoms with E-state index in [4.69, 9.17) is 5.48 Å². The molecule has 0 aliphatic rings. The third kappa shape index (κ3) is 7.67. The zero-order chi connectivity index (χ0) is 11.0. The summed E-state index contributed by atoms with van der Waals surface area (Å²) in [6.07, 6.45) is 3.40. The zero-order valence-electron chi connectivity index (χ0n) is 10.3. The van der Waals surface area contributed by atoms with Crippen molar-refractivity contribution in [1.82, 2.24) is 0 Å². The number of hydrogen-bond acceptors (Lipinski definition) is 1. The van der Waals surface area contributed by atoms with E-state index in [1.54, 1.807) is 0 Å². The molecular weight excluding hydrogens is 124 g/mol. The van der Waals surface area contributed by atoms with Crippen molar-refractivity contribution in [2.75, 3.05) is 0 Å². The van der Waals surface area contributed by atoms with Crippen LogP contribution in [-0.4, -0.2) is 6.29 Å². The highest BCUT2D eigenvalue weighted by Crippen LogP contribution is 2.05. The molecule has 0 aromatic rings. The highest BCUT2D eigenvalue weighted by Gasteiger charge is 1.87. The van der Waals surface area contributed by atoms with Gasteiger partial charge in [0.15, 0.2) is 0 Å². The molecule has 0 aliphatic carbocycles. The van der Waals surface area contributed by atoms with Crippen LogP contribution < -0.4 is 0 Å². The van der Waals surface area contributed by atoms with Crippen molar-refractivity contribution in [1.29, 1.82) is 0 Å². The average Bonchev–Trinajstić information content (AvgIpc) is 2.10. The van der Waals surface area contributed by atoms with Crippen molar-refractivity contribution in [2.24, 2.45) is 0 Å². The molecule has 1 heteroatoms. The molecule has 0 radical (unpaired) electrons. The van der Waals surface area contributed by atoms with Crippen molar-refractivity contribution in [3.8, 4) is 0 Å². The third-order valence-electron chi connectivity index (χ3n) is 1.39. The largest absolute Gasteiger partial charge is 0.303 e. The van der Waals surface area contributed by atoms with Gasteiger partial charge in [-0.15, -0.1) is 0 Å². The van der Waals surface area contributed by atoms with Crippen LogP contribution >= 0.6 is 0 Å². The monoisotopic (exact) mass is 146 g/mol. The van der Waals surface area contributed by atoms with Gasteiger partial charge in [-0.3, -0.25) is 0 Å². The van der Waals surface area contributed by atoms with Gasteiger partial charge in [0.25, 0.3) is 0 Å². The zero-order valence-corrected chi connectivity index (χ0v) is 6.31. The summed E-state index contributed by atoms with van der Waals surface area (Å²) < 4.78 is 28.6. The standard InChI is InChI=1S/C9H18O/c1-2-3-4-5-6-7-8-9-10/h9H,2-8H2,1H3/i1D2,2D2. The van der Waals surface area contributed by atoms with Crippen molar-refractivity contribution in [3.63, 3.8) is 0 Å². The van der Waals surface area contributed by atoms with E-state index in [1.165, 1.54) is 0 Å². The molecule has 0 N–H and O–H groups in total. The fourth-order valence-electron chi connectivity index (χ4n) is 0.808. The molecule has 0 aliphatic heterocycles. The summed E-state index contributed by atoms with van der Waals surface area (Å²) in [4.78, 5) is 9.98. The van der Waals surface area contributed by atoms with Crippen LogP contribution in [0.25, 0.3) is 0 Å². The van der Waals surface area contributed by atoms with Gasteiger partial charge in [-0.1, -0.05) is 38.9 Å². The molecule has 0 saturated carbocycles. The second-order valence-electron chi connectivity index (χ2n) is 2.32. The van der Waals surface area contributed by atoms with Crippen LogP contribution in [0.1, 0.15) is 57.3 Å². The SMILES string of the molecule is [2H]C([2H])C([2H])([2H])CCCCCCC=O. The summed E-state index contributed by atoms with van der Waals surface area (Å²) >= 11 is 0. The van der Waals surface area contributed by atoms with Gasteiger partial charge in [-0.2, -0.15) is 0 Å². The molecule has 1 nitrogen and oxygen atoms in total. The van der Waals surface area contributed by atoms with Crippen LogP contribution in [0.3, 0.4) is 0 Å². The van der Waals surface area contributed by atoms with Crippen LogP contribution in [-0.2, 0) is 4.79 Å². The first-order valence-electron chi connectivity index (χ1n) is 5.94. The van der Waals surface area contributed by atoms with E-state index in [2.05, 4.69) is 0 Å². The normalized spacial score (nSPS) is 17.3. The predicted molar refractivity (Wildman–Crippen MR) is 44.1 cm³/mol.